The van der Waals surface area contributed by atoms with E-state index < -0.39 is 0 Å². The van der Waals surface area contributed by atoms with E-state index in [4.69, 9.17) is 16.3 Å². The molecule has 1 heterocycles. The maximum Gasteiger partial charge on any atom is 0.200 e. The van der Waals surface area contributed by atoms with Crippen LogP contribution in [-0.4, -0.2) is 22.4 Å². The molecule has 0 radical (unpaired) electrons. The lowest BCUT2D eigenvalue weighted by atomic mass is 10.1. The maximum atomic E-state index is 12.2. The van der Waals surface area contributed by atoms with E-state index in [0.717, 1.165) is 22.3 Å². The Kier molecular flexibility index (Phi) is 4.81. The number of aromatic nitrogens is 2. The first-order chi connectivity index (χ1) is 13.2. The van der Waals surface area contributed by atoms with Gasteiger partial charge in [0.2, 0.25) is 0 Å². The van der Waals surface area contributed by atoms with Crippen molar-refractivity contribution in [3.8, 4) is 17.0 Å². The summed E-state index contributed by atoms with van der Waals surface area (Å²) < 4.78 is 5.59. The van der Waals surface area contributed by atoms with Crippen molar-refractivity contribution in [1.82, 2.24) is 9.97 Å². The van der Waals surface area contributed by atoms with Crippen LogP contribution in [0.5, 0.6) is 5.75 Å². The van der Waals surface area contributed by atoms with E-state index in [1.54, 1.807) is 30.5 Å². The van der Waals surface area contributed by atoms with Gasteiger partial charge in [0.1, 0.15) is 5.75 Å². The predicted molar refractivity (Wildman–Crippen MR) is 106 cm³/mol. The van der Waals surface area contributed by atoms with Crippen LogP contribution >= 0.6 is 11.6 Å². The van der Waals surface area contributed by atoms with Crippen molar-refractivity contribution in [3.05, 3.63) is 89.6 Å². The zero-order valence-corrected chi connectivity index (χ0v) is 15.1. The van der Waals surface area contributed by atoms with Crippen molar-refractivity contribution >= 4 is 28.4 Å². The van der Waals surface area contributed by atoms with Gasteiger partial charge in [-0.3, -0.25) is 9.78 Å². The molecule has 0 fully saturated rings. The molecule has 3 aromatic carbocycles. The molecule has 5 heteroatoms. The van der Waals surface area contributed by atoms with E-state index >= 15 is 0 Å². The fraction of sp³-hybridized carbons (Fsp3) is 0.0455. The van der Waals surface area contributed by atoms with Crippen LogP contribution in [0.4, 0.5) is 0 Å². The van der Waals surface area contributed by atoms with Crippen molar-refractivity contribution in [2.24, 2.45) is 0 Å². The second kappa shape index (κ2) is 7.56. The summed E-state index contributed by atoms with van der Waals surface area (Å²) >= 11 is 5.83. The smallest absolute Gasteiger partial charge is 0.200 e. The summed E-state index contributed by atoms with van der Waals surface area (Å²) in [5.41, 5.74) is 4.01. The van der Waals surface area contributed by atoms with Gasteiger partial charge in [0.05, 0.1) is 22.9 Å². The normalized spacial score (nSPS) is 10.7. The van der Waals surface area contributed by atoms with Gasteiger partial charge < -0.3 is 4.74 Å². The molecule has 4 nitrogen and oxygen atoms in total. The molecule has 0 atom stereocenters. The molecule has 1 aromatic heterocycles. The van der Waals surface area contributed by atoms with Gasteiger partial charge in [-0.25, -0.2) is 4.98 Å². The molecule has 0 bridgehead atoms. The van der Waals surface area contributed by atoms with Crippen LogP contribution in [0.3, 0.4) is 0 Å². The molecular weight excluding hydrogens is 360 g/mol. The van der Waals surface area contributed by atoms with Gasteiger partial charge in [-0.1, -0.05) is 23.7 Å². The topological polar surface area (TPSA) is 52.1 Å². The summed E-state index contributed by atoms with van der Waals surface area (Å²) in [5.74, 6) is 0.519. The third kappa shape index (κ3) is 3.96. The summed E-state index contributed by atoms with van der Waals surface area (Å²) in [6.45, 7) is -0.0310. The molecular formula is C22H15ClN2O2. The Morgan fingerprint density at radius 1 is 0.889 bits per heavy atom. The van der Waals surface area contributed by atoms with Gasteiger partial charge in [-0.2, -0.15) is 0 Å². The molecule has 0 aliphatic rings. The number of carbonyl (C=O) groups excluding carboxylic acids is 1. The average molecular weight is 375 g/mol. The molecule has 0 aliphatic carbocycles. The van der Waals surface area contributed by atoms with Crippen LogP contribution in [0.2, 0.25) is 5.02 Å². The summed E-state index contributed by atoms with van der Waals surface area (Å²) in [7, 11) is 0. The van der Waals surface area contributed by atoms with Crippen molar-refractivity contribution in [1.29, 1.82) is 0 Å². The van der Waals surface area contributed by atoms with E-state index in [0.29, 0.717) is 16.3 Å². The van der Waals surface area contributed by atoms with Crippen LogP contribution in [-0.2, 0) is 0 Å². The number of fused-ring (bicyclic) bond motifs is 1. The number of para-hydroxylation sites is 2. The number of halogens is 1. The highest BCUT2D eigenvalue weighted by Crippen LogP contribution is 2.22. The van der Waals surface area contributed by atoms with Gasteiger partial charge in [0.15, 0.2) is 12.4 Å². The molecule has 0 saturated heterocycles. The molecule has 4 aromatic rings. The lowest BCUT2D eigenvalue weighted by molar-refractivity contribution is 0.0921. The molecule has 27 heavy (non-hydrogen) atoms. The molecule has 0 amide bonds. The first kappa shape index (κ1) is 17.2. The van der Waals surface area contributed by atoms with Gasteiger partial charge >= 0.3 is 0 Å². The highest BCUT2D eigenvalue weighted by atomic mass is 35.5. The number of ketones is 1. The number of nitrogens with zero attached hydrogens (tertiary/aromatic N) is 2. The lowest BCUT2D eigenvalue weighted by Gasteiger charge is -2.07. The zero-order valence-electron chi connectivity index (χ0n) is 14.3. The Labute approximate surface area is 161 Å². The zero-order chi connectivity index (χ0) is 18.6. The van der Waals surface area contributed by atoms with Crippen LogP contribution in [0.25, 0.3) is 22.3 Å². The standard InChI is InChI=1S/C22H15ClN2O2/c23-17-9-5-16(6-10-17)22(26)14-27-18-11-7-15(8-12-18)21-13-24-19-3-1-2-4-20(19)25-21/h1-13H,14H2. The maximum absolute atomic E-state index is 12.2. The first-order valence-electron chi connectivity index (χ1n) is 8.43. The Hall–Kier alpha value is -3.24. The molecule has 0 N–H and O–H groups in total. The molecule has 0 aliphatic heterocycles. The lowest BCUT2D eigenvalue weighted by Crippen LogP contribution is -2.11. The number of hydrogen-bond acceptors (Lipinski definition) is 4. The molecule has 0 unspecified atom stereocenters. The highest BCUT2D eigenvalue weighted by Gasteiger charge is 2.08. The third-order valence-electron chi connectivity index (χ3n) is 4.13. The van der Waals surface area contributed by atoms with E-state index in [1.165, 1.54) is 0 Å². The SMILES string of the molecule is O=C(COc1ccc(-c2cnc3ccccc3n2)cc1)c1ccc(Cl)cc1. The summed E-state index contributed by atoms with van der Waals surface area (Å²) in [4.78, 5) is 21.2. The minimum atomic E-state index is -0.101. The number of benzene rings is 3. The summed E-state index contributed by atoms with van der Waals surface area (Å²) in [6, 6.07) is 22.0. The summed E-state index contributed by atoms with van der Waals surface area (Å²) in [5, 5.41) is 0.597. The summed E-state index contributed by atoms with van der Waals surface area (Å²) in [6.07, 6.45) is 1.75. The first-order valence-corrected chi connectivity index (χ1v) is 8.81. The third-order valence-corrected chi connectivity index (χ3v) is 4.39. The van der Waals surface area contributed by atoms with E-state index in [9.17, 15) is 4.79 Å². The number of ether oxygens (including phenoxy) is 1. The average Bonchev–Trinajstić information content (AvgIpc) is 2.72. The second-order valence-electron chi connectivity index (χ2n) is 5.99. The number of hydrogen-bond donors (Lipinski definition) is 0. The minimum Gasteiger partial charge on any atom is -0.485 e. The van der Waals surface area contributed by atoms with Crippen LogP contribution in [0.15, 0.2) is 79.0 Å². The predicted octanol–water partition coefficient (Wildman–Crippen LogP) is 5.21. The van der Waals surface area contributed by atoms with Crippen LogP contribution < -0.4 is 4.74 Å². The number of carbonyl (C=O) groups is 1. The largest absolute Gasteiger partial charge is 0.485 e. The van der Waals surface area contributed by atoms with Crippen molar-refractivity contribution in [2.75, 3.05) is 6.61 Å². The van der Waals surface area contributed by atoms with E-state index in [1.807, 2.05) is 48.5 Å². The monoisotopic (exact) mass is 374 g/mol. The van der Waals surface area contributed by atoms with Crippen LogP contribution in [0, 0.1) is 0 Å². The minimum absolute atomic E-state index is 0.0310. The highest BCUT2D eigenvalue weighted by molar-refractivity contribution is 6.30. The van der Waals surface area contributed by atoms with Gasteiger partial charge in [0, 0.05) is 16.1 Å². The van der Waals surface area contributed by atoms with E-state index in [-0.39, 0.29) is 12.4 Å². The fourth-order valence-corrected chi connectivity index (χ4v) is 2.81. The Morgan fingerprint density at radius 2 is 1.59 bits per heavy atom. The van der Waals surface area contributed by atoms with Gasteiger partial charge in [0.25, 0.3) is 0 Å². The quantitative estimate of drug-likeness (QED) is 0.450. The van der Waals surface area contributed by atoms with Crippen molar-refractivity contribution in [3.63, 3.8) is 0 Å². The Bertz CT molecular complexity index is 1090. The molecule has 4 rings (SSSR count). The van der Waals surface area contributed by atoms with Crippen molar-refractivity contribution < 1.29 is 9.53 Å². The number of rotatable bonds is 5. The Morgan fingerprint density at radius 3 is 2.33 bits per heavy atom. The molecule has 0 saturated carbocycles. The van der Waals surface area contributed by atoms with Gasteiger partial charge in [-0.05, 0) is 60.7 Å². The van der Waals surface area contributed by atoms with Crippen molar-refractivity contribution in [2.45, 2.75) is 0 Å². The second-order valence-corrected chi connectivity index (χ2v) is 6.42. The molecule has 132 valence electrons. The van der Waals surface area contributed by atoms with Gasteiger partial charge in [-0.15, -0.1) is 0 Å². The fourth-order valence-electron chi connectivity index (χ4n) is 2.69. The van der Waals surface area contributed by atoms with E-state index in [2.05, 4.69) is 9.97 Å². The van der Waals surface area contributed by atoms with Crippen LogP contribution in [0.1, 0.15) is 10.4 Å². The molecule has 0 spiro atoms. The Balaban J connectivity index is 1.45. The number of Topliss-reactive ketones (excluding diaryl/α,β-unsaturated/α-hetero) is 1.